The molecule has 1 saturated carbocycles. The molecule has 2 aliphatic rings. The van der Waals surface area contributed by atoms with Crippen LogP contribution in [0.2, 0.25) is 0 Å². The van der Waals surface area contributed by atoms with Crippen LogP contribution in [0.25, 0.3) is 0 Å². The Labute approximate surface area is 73.9 Å². The summed E-state index contributed by atoms with van der Waals surface area (Å²) in [6, 6.07) is 0.394. The van der Waals surface area contributed by atoms with E-state index in [0.717, 1.165) is 25.3 Å². The normalized spacial score (nSPS) is 32.7. The molecule has 1 aliphatic carbocycles. The first-order valence-electron chi connectivity index (χ1n) is 5.32. The standard InChI is InChI=1S/C10H18NO/c12-11-8-4-7-10(11)9-5-2-1-3-6-9/h9-10H,1-8H2/q+1. The first-order valence-corrected chi connectivity index (χ1v) is 5.32. The van der Waals surface area contributed by atoms with E-state index in [2.05, 4.69) is 0 Å². The molecular weight excluding hydrogens is 150 g/mol. The van der Waals surface area contributed by atoms with Crippen molar-refractivity contribution in [2.75, 3.05) is 6.54 Å². The van der Waals surface area contributed by atoms with Gasteiger partial charge in [-0.05, 0) is 12.8 Å². The summed E-state index contributed by atoms with van der Waals surface area (Å²) in [5.74, 6) is 0.735. The minimum atomic E-state index is 0.394. The Balaban J connectivity index is 1.93. The molecule has 2 rings (SSSR count). The molecule has 1 heterocycles. The van der Waals surface area contributed by atoms with Gasteiger partial charge in [0.25, 0.3) is 0 Å². The van der Waals surface area contributed by atoms with Crippen LogP contribution in [0.5, 0.6) is 0 Å². The highest BCUT2D eigenvalue weighted by atomic mass is 16.3. The third-order valence-corrected chi connectivity index (χ3v) is 3.44. The van der Waals surface area contributed by atoms with E-state index >= 15 is 0 Å². The van der Waals surface area contributed by atoms with Gasteiger partial charge in [-0.3, -0.25) is 0 Å². The maximum atomic E-state index is 11.4. The molecule has 0 bridgehead atoms. The molecule has 2 heteroatoms. The first-order chi connectivity index (χ1) is 5.88. The SMILES string of the molecule is O=[N+]1CCCC1C1CCCCC1. The third-order valence-electron chi connectivity index (χ3n) is 3.44. The van der Waals surface area contributed by atoms with Gasteiger partial charge in [-0.25, -0.2) is 0 Å². The minimum Gasteiger partial charge on any atom is -0.0533 e. The fourth-order valence-electron chi connectivity index (χ4n) is 2.76. The summed E-state index contributed by atoms with van der Waals surface area (Å²) in [7, 11) is 0. The summed E-state index contributed by atoms with van der Waals surface area (Å²) in [6.45, 7) is 0.793. The van der Waals surface area contributed by atoms with Gasteiger partial charge >= 0.3 is 0 Å². The molecule has 1 unspecified atom stereocenters. The summed E-state index contributed by atoms with van der Waals surface area (Å²) < 4.78 is 1.34. The minimum absolute atomic E-state index is 0.394. The maximum absolute atomic E-state index is 11.4. The van der Waals surface area contributed by atoms with Crippen molar-refractivity contribution in [2.24, 2.45) is 5.92 Å². The van der Waals surface area contributed by atoms with Gasteiger partial charge < -0.3 is 0 Å². The smallest absolute Gasteiger partial charge is 0.0533 e. The van der Waals surface area contributed by atoms with Crippen molar-refractivity contribution in [3.8, 4) is 0 Å². The van der Waals surface area contributed by atoms with E-state index in [1.165, 1.54) is 36.9 Å². The molecule has 0 radical (unpaired) electrons. The van der Waals surface area contributed by atoms with Gasteiger partial charge in [-0.2, -0.15) is 0 Å². The zero-order chi connectivity index (χ0) is 8.39. The molecule has 2 fully saturated rings. The molecule has 0 N–H and O–H groups in total. The van der Waals surface area contributed by atoms with Crippen LogP contribution < -0.4 is 0 Å². The Morgan fingerprint density at radius 1 is 0.917 bits per heavy atom. The van der Waals surface area contributed by atoms with Crippen molar-refractivity contribution in [2.45, 2.75) is 51.0 Å². The molecule has 0 spiro atoms. The van der Waals surface area contributed by atoms with Crippen LogP contribution in [0, 0.1) is 10.8 Å². The van der Waals surface area contributed by atoms with Crippen molar-refractivity contribution in [3.63, 3.8) is 0 Å². The van der Waals surface area contributed by atoms with E-state index in [-0.39, 0.29) is 0 Å². The molecule has 1 saturated heterocycles. The largest absolute Gasteiger partial charge is 0.204 e. The number of hydrogen-bond donors (Lipinski definition) is 0. The zero-order valence-corrected chi connectivity index (χ0v) is 7.67. The lowest BCUT2D eigenvalue weighted by atomic mass is 9.83. The van der Waals surface area contributed by atoms with Gasteiger partial charge in [0.2, 0.25) is 6.04 Å². The first kappa shape index (κ1) is 8.21. The summed E-state index contributed by atoms with van der Waals surface area (Å²) in [5.41, 5.74) is 0. The van der Waals surface area contributed by atoms with E-state index in [0.29, 0.717) is 6.04 Å². The van der Waals surface area contributed by atoms with Gasteiger partial charge in [0.05, 0.1) is 0 Å². The maximum Gasteiger partial charge on any atom is 0.204 e. The van der Waals surface area contributed by atoms with E-state index in [4.69, 9.17) is 0 Å². The second kappa shape index (κ2) is 3.55. The van der Waals surface area contributed by atoms with Crippen LogP contribution in [0.1, 0.15) is 44.9 Å². The van der Waals surface area contributed by atoms with Gasteiger partial charge in [-0.15, -0.1) is 0 Å². The molecule has 12 heavy (non-hydrogen) atoms. The molecule has 1 atom stereocenters. The number of nitroso groups, excluding NO2 is 1. The lowest BCUT2D eigenvalue weighted by Gasteiger charge is -2.21. The van der Waals surface area contributed by atoms with Crippen LogP contribution >= 0.6 is 0 Å². The highest BCUT2D eigenvalue weighted by molar-refractivity contribution is 4.75. The van der Waals surface area contributed by atoms with Crippen molar-refractivity contribution in [1.82, 2.24) is 0 Å². The molecule has 0 amide bonds. The van der Waals surface area contributed by atoms with Crippen molar-refractivity contribution < 1.29 is 4.76 Å². The third kappa shape index (κ3) is 1.52. The number of rotatable bonds is 1. The molecule has 1 aliphatic heterocycles. The predicted octanol–water partition coefficient (Wildman–Crippen LogP) is 2.51. The fourth-order valence-corrected chi connectivity index (χ4v) is 2.76. The lowest BCUT2D eigenvalue weighted by Crippen LogP contribution is -2.28. The van der Waals surface area contributed by atoms with Crippen LogP contribution in [0.4, 0.5) is 0 Å². The van der Waals surface area contributed by atoms with Crippen molar-refractivity contribution in [1.29, 1.82) is 0 Å². The predicted molar refractivity (Wildman–Crippen MR) is 48.1 cm³/mol. The molecule has 0 aromatic rings. The zero-order valence-electron chi connectivity index (χ0n) is 7.67. The lowest BCUT2D eigenvalue weighted by molar-refractivity contribution is -0.573. The van der Waals surface area contributed by atoms with E-state index in [1.807, 2.05) is 0 Å². The van der Waals surface area contributed by atoms with Gasteiger partial charge in [0.15, 0.2) is 6.54 Å². The second-order valence-corrected chi connectivity index (χ2v) is 4.25. The number of hydrogen-bond acceptors (Lipinski definition) is 1. The fraction of sp³-hybridized carbons (Fsp3) is 1.00. The molecular formula is C10H18NO+. The average Bonchev–Trinajstić information content (AvgIpc) is 2.53. The quantitative estimate of drug-likeness (QED) is 0.551. The van der Waals surface area contributed by atoms with E-state index in [1.54, 1.807) is 0 Å². The monoisotopic (exact) mass is 168 g/mol. The van der Waals surface area contributed by atoms with Gasteiger partial charge in [0, 0.05) is 28.4 Å². The van der Waals surface area contributed by atoms with E-state index < -0.39 is 0 Å². The highest BCUT2D eigenvalue weighted by Gasteiger charge is 2.38. The average molecular weight is 168 g/mol. The van der Waals surface area contributed by atoms with Crippen LogP contribution in [0.15, 0.2) is 0 Å². The second-order valence-electron chi connectivity index (χ2n) is 4.25. The van der Waals surface area contributed by atoms with Gasteiger partial charge in [0.1, 0.15) is 0 Å². The number of nitrogens with zero attached hydrogens (tertiary/aromatic N) is 1. The van der Waals surface area contributed by atoms with E-state index in [9.17, 15) is 4.91 Å². The molecule has 0 aromatic carbocycles. The van der Waals surface area contributed by atoms with Crippen molar-refractivity contribution >= 4 is 0 Å². The Kier molecular flexibility index (Phi) is 2.43. The summed E-state index contributed by atoms with van der Waals surface area (Å²) in [4.78, 5) is 11.4. The summed E-state index contributed by atoms with van der Waals surface area (Å²) in [5, 5.41) is 0. The highest BCUT2D eigenvalue weighted by Crippen LogP contribution is 2.31. The Morgan fingerprint density at radius 3 is 2.25 bits per heavy atom. The Morgan fingerprint density at radius 2 is 1.67 bits per heavy atom. The topological polar surface area (TPSA) is 20.1 Å². The summed E-state index contributed by atoms with van der Waals surface area (Å²) in [6.07, 6.45) is 9.01. The molecule has 2 nitrogen and oxygen atoms in total. The van der Waals surface area contributed by atoms with Crippen molar-refractivity contribution in [3.05, 3.63) is 4.91 Å². The van der Waals surface area contributed by atoms with Crippen LogP contribution in [0.3, 0.4) is 0 Å². The van der Waals surface area contributed by atoms with Crippen LogP contribution in [-0.4, -0.2) is 17.3 Å². The summed E-state index contributed by atoms with van der Waals surface area (Å²) >= 11 is 0. The molecule has 0 aromatic heterocycles. The van der Waals surface area contributed by atoms with Gasteiger partial charge in [-0.1, -0.05) is 19.3 Å². The van der Waals surface area contributed by atoms with Crippen LogP contribution in [-0.2, 0) is 0 Å². The Bertz CT molecular complexity index is 173. The Hall–Kier alpha value is -0.400. The molecule has 68 valence electrons.